The first-order valence-corrected chi connectivity index (χ1v) is 6.55. The molecule has 0 fully saturated rings. The summed E-state index contributed by atoms with van der Waals surface area (Å²) in [5, 5.41) is 0.480. The van der Waals surface area contributed by atoms with Gasteiger partial charge in [-0.25, -0.2) is 12.4 Å². The van der Waals surface area contributed by atoms with Gasteiger partial charge in [-0.05, 0) is 30.3 Å². The molecule has 1 heterocycles. The molecule has 1 aromatic carbocycles. The monoisotopic (exact) mass is 275 g/mol. The molecule has 2 aromatic rings. The van der Waals surface area contributed by atoms with Gasteiger partial charge in [0, 0.05) is 17.4 Å². The standard InChI is InChI=1S/C10H7Cl2NO2S/c11-8-3-4-9(12)10(7-8)16(14,15)13-5-1-2-6-13/h1-7H. The zero-order chi connectivity index (χ0) is 11.8. The SMILES string of the molecule is O=S(=O)(c1cc(Cl)ccc1Cl)n1cccc1. The van der Waals surface area contributed by atoms with Crippen molar-refractivity contribution < 1.29 is 8.42 Å². The molecule has 0 bridgehead atoms. The minimum atomic E-state index is -3.65. The second-order valence-electron chi connectivity index (χ2n) is 3.09. The van der Waals surface area contributed by atoms with E-state index in [1.165, 1.54) is 24.5 Å². The highest BCUT2D eigenvalue weighted by Gasteiger charge is 2.19. The van der Waals surface area contributed by atoms with Gasteiger partial charge in [0.15, 0.2) is 0 Å². The first kappa shape index (κ1) is 11.5. The van der Waals surface area contributed by atoms with Crippen molar-refractivity contribution in [2.75, 3.05) is 0 Å². The van der Waals surface area contributed by atoms with E-state index in [9.17, 15) is 8.42 Å². The zero-order valence-electron chi connectivity index (χ0n) is 7.97. The molecule has 84 valence electrons. The van der Waals surface area contributed by atoms with E-state index in [1.54, 1.807) is 18.2 Å². The van der Waals surface area contributed by atoms with Crippen LogP contribution >= 0.6 is 23.2 Å². The van der Waals surface area contributed by atoms with Crippen LogP contribution in [0.3, 0.4) is 0 Å². The third kappa shape index (κ3) is 1.96. The van der Waals surface area contributed by atoms with Gasteiger partial charge in [0.25, 0.3) is 10.0 Å². The maximum atomic E-state index is 12.1. The molecule has 2 rings (SSSR count). The number of rotatable bonds is 2. The Bertz CT molecular complexity index is 606. The number of hydrogen-bond acceptors (Lipinski definition) is 2. The molecule has 0 aliphatic heterocycles. The summed E-state index contributed by atoms with van der Waals surface area (Å²) >= 11 is 11.6. The van der Waals surface area contributed by atoms with Gasteiger partial charge < -0.3 is 0 Å². The van der Waals surface area contributed by atoms with Gasteiger partial charge in [0.1, 0.15) is 4.90 Å². The van der Waals surface area contributed by atoms with Gasteiger partial charge >= 0.3 is 0 Å². The highest BCUT2D eigenvalue weighted by molar-refractivity contribution is 7.90. The van der Waals surface area contributed by atoms with Gasteiger partial charge in [-0.15, -0.1) is 0 Å². The summed E-state index contributed by atoms with van der Waals surface area (Å²) in [6.07, 6.45) is 2.87. The average Bonchev–Trinajstić information content (AvgIpc) is 2.75. The number of halogens is 2. The molecule has 0 saturated carbocycles. The Balaban J connectivity index is 2.65. The maximum Gasteiger partial charge on any atom is 0.269 e. The van der Waals surface area contributed by atoms with E-state index in [0.29, 0.717) is 5.02 Å². The lowest BCUT2D eigenvalue weighted by Crippen LogP contribution is -2.11. The van der Waals surface area contributed by atoms with E-state index in [2.05, 4.69) is 0 Å². The number of hydrogen-bond donors (Lipinski definition) is 0. The fourth-order valence-corrected chi connectivity index (χ4v) is 3.19. The van der Waals surface area contributed by atoms with Crippen LogP contribution in [0.15, 0.2) is 47.6 Å². The predicted molar refractivity (Wildman–Crippen MR) is 63.5 cm³/mol. The minimum absolute atomic E-state index is 0.00198. The quantitative estimate of drug-likeness (QED) is 0.845. The van der Waals surface area contributed by atoms with Gasteiger partial charge in [-0.2, -0.15) is 0 Å². The fourth-order valence-electron chi connectivity index (χ4n) is 1.27. The van der Waals surface area contributed by atoms with Crippen molar-refractivity contribution in [2.24, 2.45) is 0 Å². The Morgan fingerprint density at radius 1 is 1.06 bits per heavy atom. The van der Waals surface area contributed by atoms with Crippen molar-refractivity contribution >= 4 is 33.2 Å². The Kier molecular flexibility index (Phi) is 2.97. The van der Waals surface area contributed by atoms with E-state index >= 15 is 0 Å². The molecule has 0 unspecified atom stereocenters. The second-order valence-corrected chi connectivity index (χ2v) is 5.75. The molecule has 0 aliphatic rings. The topological polar surface area (TPSA) is 39.1 Å². The molecule has 0 atom stereocenters. The third-order valence-electron chi connectivity index (χ3n) is 2.03. The normalized spacial score (nSPS) is 11.6. The second kappa shape index (κ2) is 4.13. The van der Waals surface area contributed by atoms with Gasteiger partial charge in [0.2, 0.25) is 0 Å². The Hall–Kier alpha value is -0.970. The Morgan fingerprint density at radius 2 is 1.69 bits per heavy atom. The van der Waals surface area contributed by atoms with Crippen LogP contribution in [0.2, 0.25) is 10.0 Å². The van der Waals surface area contributed by atoms with Crippen LogP contribution in [0.5, 0.6) is 0 Å². The first-order valence-electron chi connectivity index (χ1n) is 4.35. The van der Waals surface area contributed by atoms with E-state index in [4.69, 9.17) is 23.2 Å². The molecule has 16 heavy (non-hydrogen) atoms. The van der Waals surface area contributed by atoms with Crippen LogP contribution in [0, 0.1) is 0 Å². The Labute approximate surface area is 103 Å². The largest absolute Gasteiger partial charge is 0.269 e. The van der Waals surface area contributed by atoms with Crippen molar-refractivity contribution in [3.05, 3.63) is 52.8 Å². The molecule has 0 aliphatic carbocycles. The van der Waals surface area contributed by atoms with Crippen molar-refractivity contribution in [3.63, 3.8) is 0 Å². The van der Waals surface area contributed by atoms with Crippen molar-refractivity contribution in [3.8, 4) is 0 Å². The summed E-state index contributed by atoms with van der Waals surface area (Å²) in [5.74, 6) is 0. The average molecular weight is 276 g/mol. The molecule has 0 N–H and O–H groups in total. The van der Waals surface area contributed by atoms with Crippen LogP contribution < -0.4 is 0 Å². The molecule has 0 radical (unpaired) electrons. The molecular formula is C10H7Cl2NO2S. The smallest absolute Gasteiger partial charge is 0.249 e. The summed E-state index contributed by atoms with van der Waals surface area (Å²) in [4.78, 5) is -0.00198. The van der Waals surface area contributed by atoms with Gasteiger partial charge in [-0.1, -0.05) is 23.2 Å². The summed E-state index contributed by atoms with van der Waals surface area (Å²) < 4.78 is 25.3. The fraction of sp³-hybridized carbons (Fsp3) is 0. The zero-order valence-corrected chi connectivity index (χ0v) is 10.3. The highest BCUT2D eigenvalue weighted by atomic mass is 35.5. The van der Waals surface area contributed by atoms with Crippen molar-refractivity contribution in [2.45, 2.75) is 4.90 Å². The van der Waals surface area contributed by atoms with E-state index in [1.807, 2.05) is 0 Å². The molecule has 1 aromatic heterocycles. The summed E-state index contributed by atoms with van der Waals surface area (Å²) in [6, 6.07) is 7.57. The predicted octanol–water partition coefficient (Wildman–Crippen LogP) is 3.03. The van der Waals surface area contributed by atoms with Crippen LogP contribution in [0.1, 0.15) is 0 Å². The van der Waals surface area contributed by atoms with E-state index < -0.39 is 10.0 Å². The van der Waals surface area contributed by atoms with Crippen molar-refractivity contribution in [1.82, 2.24) is 3.97 Å². The summed E-state index contributed by atoms with van der Waals surface area (Å²) in [6.45, 7) is 0. The molecule has 0 saturated heterocycles. The van der Waals surface area contributed by atoms with Crippen molar-refractivity contribution in [1.29, 1.82) is 0 Å². The number of benzene rings is 1. The molecule has 6 heteroatoms. The Morgan fingerprint density at radius 3 is 2.31 bits per heavy atom. The summed E-state index contributed by atoms with van der Waals surface area (Å²) in [7, 11) is -3.65. The van der Waals surface area contributed by atoms with Crippen LogP contribution in [-0.4, -0.2) is 12.4 Å². The minimum Gasteiger partial charge on any atom is -0.249 e. The van der Waals surface area contributed by atoms with E-state index in [-0.39, 0.29) is 9.92 Å². The lowest BCUT2D eigenvalue weighted by Gasteiger charge is -2.07. The highest BCUT2D eigenvalue weighted by Crippen LogP contribution is 2.26. The van der Waals surface area contributed by atoms with Crippen LogP contribution in [0.25, 0.3) is 0 Å². The van der Waals surface area contributed by atoms with Gasteiger partial charge in [0.05, 0.1) is 5.02 Å². The van der Waals surface area contributed by atoms with E-state index in [0.717, 1.165) is 3.97 Å². The van der Waals surface area contributed by atoms with Gasteiger partial charge in [-0.3, -0.25) is 0 Å². The summed E-state index contributed by atoms with van der Waals surface area (Å²) in [5.41, 5.74) is 0. The van der Waals surface area contributed by atoms with Crippen LogP contribution in [0.4, 0.5) is 0 Å². The third-order valence-corrected chi connectivity index (χ3v) is 4.39. The lowest BCUT2D eigenvalue weighted by atomic mass is 10.4. The molecular weight excluding hydrogens is 269 g/mol. The molecule has 3 nitrogen and oxygen atoms in total. The lowest BCUT2D eigenvalue weighted by molar-refractivity contribution is 0.587. The van der Waals surface area contributed by atoms with Crippen LogP contribution in [-0.2, 0) is 10.0 Å². The molecule has 0 amide bonds. The number of aromatic nitrogens is 1. The number of nitrogens with zero attached hydrogens (tertiary/aromatic N) is 1. The maximum absolute atomic E-state index is 12.1. The molecule has 0 spiro atoms. The first-order chi connectivity index (χ1) is 7.51.